The van der Waals surface area contributed by atoms with Crippen molar-refractivity contribution in [3.05, 3.63) is 60.2 Å². The molecule has 1 unspecified atom stereocenters. The fraction of sp³-hybridized carbons (Fsp3) is 0.125. The molecule has 4 N–H and O–H groups in total. The summed E-state index contributed by atoms with van der Waals surface area (Å²) in [4.78, 5) is 22.7. The maximum absolute atomic E-state index is 11.7. The fourth-order valence-electron chi connectivity index (χ4n) is 2.02. The maximum atomic E-state index is 11.7. The first-order valence-electron chi connectivity index (χ1n) is 6.54. The highest BCUT2D eigenvalue weighted by atomic mass is 16.2. The largest absolute Gasteiger partial charge is 0.370 e. The van der Waals surface area contributed by atoms with Gasteiger partial charge in [-0.25, -0.2) is 0 Å². The van der Waals surface area contributed by atoms with E-state index >= 15 is 0 Å². The van der Waals surface area contributed by atoms with Gasteiger partial charge in [-0.1, -0.05) is 36.4 Å². The van der Waals surface area contributed by atoms with E-state index in [4.69, 9.17) is 5.73 Å². The zero-order valence-electron chi connectivity index (χ0n) is 11.7. The first-order chi connectivity index (χ1) is 10.1. The van der Waals surface area contributed by atoms with Crippen molar-refractivity contribution in [2.45, 2.75) is 13.0 Å². The van der Waals surface area contributed by atoms with Crippen LogP contribution in [0.3, 0.4) is 0 Å². The summed E-state index contributed by atoms with van der Waals surface area (Å²) in [6.07, 6.45) is 0. The number of amides is 2. The number of nitrogens with two attached hydrogens (primary N) is 1. The van der Waals surface area contributed by atoms with Gasteiger partial charge in [-0.2, -0.15) is 0 Å². The lowest BCUT2D eigenvalue weighted by molar-refractivity contribution is -0.119. The third-order valence-corrected chi connectivity index (χ3v) is 2.91. The normalized spacial score (nSPS) is 11.5. The topological polar surface area (TPSA) is 84.2 Å². The van der Waals surface area contributed by atoms with Crippen molar-refractivity contribution in [2.24, 2.45) is 5.73 Å². The summed E-state index contributed by atoms with van der Waals surface area (Å²) >= 11 is 0. The van der Waals surface area contributed by atoms with Crippen molar-refractivity contribution in [1.82, 2.24) is 0 Å². The van der Waals surface area contributed by atoms with Gasteiger partial charge in [-0.15, -0.1) is 0 Å². The van der Waals surface area contributed by atoms with Gasteiger partial charge in [0, 0.05) is 18.3 Å². The van der Waals surface area contributed by atoms with Crippen LogP contribution >= 0.6 is 0 Å². The van der Waals surface area contributed by atoms with Crippen LogP contribution in [0.2, 0.25) is 0 Å². The van der Waals surface area contributed by atoms with E-state index < -0.39 is 11.9 Å². The Morgan fingerprint density at radius 2 is 1.67 bits per heavy atom. The van der Waals surface area contributed by atoms with Crippen LogP contribution in [0.4, 0.5) is 11.4 Å². The van der Waals surface area contributed by atoms with Crippen molar-refractivity contribution in [2.75, 3.05) is 10.6 Å². The quantitative estimate of drug-likeness (QED) is 0.787. The SMILES string of the molecule is CC(=O)Nc1cccc(NC(C(N)=O)c2ccccc2)c1. The van der Waals surface area contributed by atoms with E-state index in [9.17, 15) is 9.59 Å². The molecule has 108 valence electrons. The van der Waals surface area contributed by atoms with Crippen LogP contribution in [-0.2, 0) is 9.59 Å². The lowest BCUT2D eigenvalue weighted by Crippen LogP contribution is -2.27. The van der Waals surface area contributed by atoms with Gasteiger partial charge in [0.25, 0.3) is 0 Å². The van der Waals surface area contributed by atoms with E-state index in [1.54, 1.807) is 18.2 Å². The van der Waals surface area contributed by atoms with Crippen LogP contribution in [0.15, 0.2) is 54.6 Å². The highest BCUT2D eigenvalue weighted by molar-refractivity contribution is 5.89. The minimum absolute atomic E-state index is 0.151. The predicted octanol–water partition coefficient (Wildman–Crippen LogP) is 2.28. The Hall–Kier alpha value is -2.82. The fourth-order valence-corrected chi connectivity index (χ4v) is 2.02. The molecule has 5 heteroatoms. The van der Waals surface area contributed by atoms with Crippen LogP contribution in [0.5, 0.6) is 0 Å². The van der Waals surface area contributed by atoms with Gasteiger partial charge in [0.2, 0.25) is 11.8 Å². The molecule has 0 aliphatic carbocycles. The lowest BCUT2D eigenvalue weighted by atomic mass is 10.1. The molecule has 2 aromatic carbocycles. The molecule has 1 atom stereocenters. The third kappa shape index (κ3) is 4.07. The molecule has 0 bridgehead atoms. The molecule has 0 aliphatic rings. The summed E-state index contributed by atoms with van der Waals surface area (Å²) in [5, 5.41) is 5.77. The smallest absolute Gasteiger partial charge is 0.244 e. The molecule has 0 spiro atoms. The standard InChI is InChI=1S/C16H17N3O2/c1-11(20)18-13-8-5-9-14(10-13)19-15(16(17)21)12-6-3-2-4-7-12/h2-10,15,19H,1H3,(H2,17,21)(H,18,20). The summed E-state index contributed by atoms with van der Waals surface area (Å²) in [6.45, 7) is 1.44. The van der Waals surface area contributed by atoms with Crippen LogP contribution in [0.1, 0.15) is 18.5 Å². The van der Waals surface area contributed by atoms with E-state index in [1.807, 2.05) is 36.4 Å². The first-order valence-corrected chi connectivity index (χ1v) is 6.54. The number of nitrogens with one attached hydrogen (secondary N) is 2. The number of hydrogen-bond acceptors (Lipinski definition) is 3. The molecule has 2 rings (SSSR count). The van der Waals surface area contributed by atoms with E-state index in [2.05, 4.69) is 10.6 Å². The number of carbonyl (C=O) groups is 2. The van der Waals surface area contributed by atoms with Crippen molar-refractivity contribution < 1.29 is 9.59 Å². The second-order valence-electron chi connectivity index (χ2n) is 4.65. The molecule has 0 fully saturated rings. The van der Waals surface area contributed by atoms with Gasteiger partial charge in [-0.05, 0) is 23.8 Å². The summed E-state index contributed by atoms with van der Waals surface area (Å²) in [7, 11) is 0. The second kappa shape index (κ2) is 6.56. The minimum atomic E-state index is -0.626. The van der Waals surface area contributed by atoms with Gasteiger partial charge in [-0.3, -0.25) is 9.59 Å². The van der Waals surface area contributed by atoms with Crippen LogP contribution in [-0.4, -0.2) is 11.8 Å². The number of anilines is 2. The Morgan fingerprint density at radius 1 is 1.00 bits per heavy atom. The molecule has 0 aromatic heterocycles. The number of benzene rings is 2. The second-order valence-corrected chi connectivity index (χ2v) is 4.65. The van der Waals surface area contributed by atoms with Crippen molar-refractivity contribution >= 4 is 23.2 Å². The number of primary amides is 1. The van der Waals surface area contributed by atoms with Gasteiger partial charge in [0.05, 0.1) is 0 Å². The average Bonchev–Trinajstić information content (AvgIpc) is 2.45. The van der Waals surface area contributed by atoms with E-state index in [0.717, 1.165) is 5.56 Å². The molecule has 21 heavy (non-hydrogen) atoms. The van der Waals surface area contributed by atoms with Crippen molar-refractivity contribution in [1.29, 1.82) is 0 Å². The van der Waals surface area contributed by atoms with Gasteiger partial charge >= 0.3 is 0 Å². The molecular formula is C16H17N3O2. The van der Waals surface area contributed by atoms with Gasteiger partial charge in [0.15, 0.2) is 0 Å². The molecule has 0 radical (unpaired) electrons. The summed E-state index contributed by atoms with van der Waals surface area (Å²) < 4.78 is 0. The van der Waals surface area contributed by atoms with Crippen LogP contribution in [0, 0.1) is 0 Å². The van der Waals surface area contributed by atoms with Gasteiger partial charge < -0.3 is 16.4 Å². The van der Waals surface area contributed by atoms with E-state index in [-0.39, 0.29) is 5.91 Å². The summed E-state index contributed by atoms with van der Waals surface area (Å²) in [6, 6.07) is 15.7. The highest BCUT2D eigenvalue weighted by Crippen LogP contribution is 2.22. The monoisotopic (exact) mass is 283 g/mol. The third-order valence-electron chi connectivity index (χ3n) is 2.91. The van der Waals surface area contributed by atoms with Crippen LogP contribution < -0.4 is 16.4 Å². The number of rotatable bonds is 5. The average molecular weight is 283 g/mol. The molecule has 0 aliphatic heterocycles. The Labute approximate surface area is 123 Å². The Morgan fingerprint density at radius 3 is 2.29 bits per heavy atom. The Kier molecular flexibility index (Phi) is 4.56. The minimum Gasteiger partial charge on any atom is -0.370 e. The molecule has 0 saturated heterocycles. The molecule has 2 aromatic rings. The Balaban J connectivity index is 2.22. The molecule has 2 amide bonds. The summed E-state index contributed by atoms with van der Waals surface area (Å²) in [5.74, 6) is -0.618. The maximum Gasteiger partial charge on any atom is 0.244 e. The molecular weight excluding hydrogens is 266 g/mol. The van der Waals surface area contributed by atoms with E-state index in [1.165, 1.54) is 6.92 Å². The number of hydrogen-bond donors (Lipinski definition) is 3. The zero-order valence-corrected chi connectivity index (χ0v) is 11.7. The highest BCUT2D eigenvalue weighted by Gasteiger charge is 2.17. The van der Waals surface area contributed by atoms with Crippen LogP contribution in [0.25, 0.3) is 0 Å². The van der Waals surface area contributed by atoms with Crippen molar-refractivity contribution in [3.63, 3.8) is 0 Å². The van der Waals surface area contributed by atoms with Gasteiger partial charge in [0.1, 0.15) is 6.04 Å². The Bertz CT molecular complexity index is 641. The molecule has 5 nitrogen and oxygen atoms in total. The van der Waals surface area contributed by atoms with E-state index in [0.29, 0.717) is 11.4 Å². The van der Waals surface area contributed by atoms with Crippen molar-refractivity contribution in [3.8, 4) is 0 Å². The first kappa shape index (κ1) is 14.6. The molecule has 0 heterocycles. The number of carbonyl (C=O) groups excluding carboxylic acids is 2. The summed E-state index contributed by atoms with van der Waals surface area (Å²) in [5.41, 5.74) is 7.61. The molecule has 0 saturated carbocycles. The zero-order chi connectivity index (χ0) is 15.2. The predicted molar refractivity (Wildman–Crippen MR) is 82.7 cm³/mol. The lowest BCUT2D eigenvalue weighted by Gasteiger charge is -2.17.